The van der Waals surface area contributed by atoms with Crippen molar-refractivity contribution in [2.24, 2.45) is 13.0 Å². The van der Waals surface area contributed by atoms with E-state index in [1.165, 1.54) is 34.1 Å². The molecule has 3 atom stereocenters. The molecule has 2 fully saturated rings. The van der Waals surface area contributed by atoms with Crippen molar-refractivity contribution in [1.82, 2.24) is 23.9 Å². The molecule has 7 nitrogen and oxygen atoms in total. The molecule has 7 rings (SSSR count). The van der Waals surface area contributed by atoms with Crippen LogP contribution in [-0.4, -0.2) is 45.4 Å². The van der Waals surface area contributed by atoms with Crippen LogP contribution < -0.4 is 0 Å². The lowest BCUT2D eigenvalue weighted by Crippen LogP contribution is -2.35. The Morgan fingerprint density at radius 1 is 1.00 bits per heavy atom. The average molecular weight is 556 g/mol. The molecule has 40 heavy (non-hydrogen) atoms. The summed E-state index contributed by atoms with van der Waals surface area (Å²) < 4.78 is 46.0. The third-order valence-corrected chi connectivity index (χ3v) is 10.7. The normalized spacial score (nSPS) is 23.2. The first-order valence-corrected chi connectivity index (χ1v) is 15.0. The van der Waals surface area contributed by atoms with E-state index in [1.807, 2.05) is 16.9 Å². The topological polar surface area (TPSA) is 73.0 Å². The van der Waals surface area contributed by atoms with Crippen LogP contribution in [0.3, 0.4) is 0 Å². The Bertz CT molecular complexity index is 1830. The first-order chi connectivity index (χ1) is 19.2. The molecule has 1 aliphatic heterocycles. The zero-order chi connectivity index (χ0) is 27.6. The number of sulfonamides is 1. The quantitative estimate of drug-likeness (QED) is 0.293. The number of rotatable bonds is 5. The van der Waals surface area contributed by atoms with Gasteiger partial charge in [-0.05, 0) is 84.7 Å². The van der Waals surface area contributed by atoms with E-state index in [-0.39, 0.29) is 22.0 Å². The predicted molar refractivity (Wildman–Crippen MR) is 151 cm³/mol. The molecule has 3 aromatic carbocycles. The van der Waals surface area contributed by atoms with E-state index < -0.39 is 10.0 Å². The van der Waals surface area contributed by atoms with Crippen molar-refractivity contribution in [3.8, 4) is 5.69 Å². The monoisotopic (exact) mass is 555 g/mol. The van der Waals surface area contributed by atoms with Crippen molar-refractivity contribution >= 4 is 20.9 Å². The molecule has 2 aliphatic rings. The highest BCUT2D eigenvalue weighted by atomic mass is 32.2. The Morgan fingerprint density at radius 2 is 1.77 bits per heavy atom. The molecular formula is C31H30FN5O2S. The van der Waals surface area contributed by atoms with Gasteiger partial charge in [0.05, 0.1) is 23.6 Å². The molecule has 2 unspecified atom stereocenters. The lowest BCUT2D eigenvalue weighted by Gasteiger charge is -2.32. The molecule has 5 aromatic rings. The van der Waals surface area contributed by atoms with Gasteiger partial charge in [0.1, 0.15) is 10.7 Å². The zero-order valence-corrected chi connectivity index (χ0v) is 23.2. The third kappa shape index (κ3) is 3.90. The van der Waals surface area contributed by atoms with Crippen molar-refractivity contribution in [3.05, 3.63) is 108 Å². The fourth-order valence-corrected chi connectivity index (χ4v) is 8.63. The highest BCUT2D eigenvalue weighted by Gasteiger charge is 2.56. The summed E-state index contributed by atoms with van der Waals surface area (Å²) >= 11 is 0. The van der Waals surface area contributed by atoms with E-state index in [9.17, 15) is 12.8 Å². The SMILES string of the molecule is Cc1cc2c(cnn2-c2ccc(F)cc2)cc1C12CC(c3ccccc3)C[C@@H]1CN(S(=O)(=O)c1cnn(C)c1)C2. The van der Waals surface area contributed by atoms with Gasteiger partial charge in [0.25, 0.3) is 0 Å². The Labute approximate surface area is 232 Å². The summed E-state index contributed by atoms with van der Waals surface area (Å²) in [5, 5.41) is 9.72. The summed E-state index contributed by atoms with van der Waals surface area (Å²) in [5.74, 6) is 0.240. The van der Waals surface area contributed by atoms with Gasteiger partial charge >= 0.3 is 0 Å². The Hall–Kier alpha value is -3.82. The van der Waals surface area contributed by atoms with Crippen LogP contribution in [0.5, 0.6) is 0 Å². The molecule has 0 N–H and O–H groups in total. The van der Waals surface area contributed by atoms with Gasteiger partial charge in [-0.2, -0.15) is 14.5 Å². The van der Waals surface area contributed by atoms with Crippen LogP contribution in [-0.2, 0) is 22.5 Å². The van der Waals surface area contributed by atoms with Crippen molar-refractivity contribution in [2.45, 2.75) is 36.0 Å². The number of aromatic nitrogens is 4. The molecule has 0 spiro atoms. The maximum Gasteiger partial charge on any atom is 0.246 e. The number of hydrogen-bond donors (Lipinski definition) is 0. The lowest BCUT2D eigenvalue weighted by molar-refractivity contribution is 0.388. The van der Waals surface area contributed by atoms with Gasteiger partial charge in [-0.25, -0.2) is 17.5 Å². The first-order valence-electron chi connectivity index (χ1n) is 13.5. The second kappa shape index (κ2) is 9.11. The molecule has 2 aromatic heterocycles. The molecule has 204 valence electrons. The maximum atomic E-state index is 13.7. The van der Waals surface area contributed by atoms with Crippen molar-refractivity contribution < 1.29 is 12.8 Å². The number of hydrogen-bond acceptors (Lipinski definition) is 4. The van der Waals surface area contributed by atoms with E-state index in [1.54, 1.807) is 29.7 Å². The van der Waals surface area contributed by atoms with E-state index in [0.717, 1.165) is 35.0 Å². The number of fused-ring (bicyclic) bond motifs is 2. The van der Waals surface area contributed by atoms with Crippen LogP contribution in [0.15, 0.2) is 90.2 Å². The number of aryl methyl sites for hydroxylation is 2. The van der Waals surface area contributed by atoms with E-state index in [4.69, 9.17) is 0 Å². The summed E-state index contributed by atoms with van der Waals surface area (Å²) in [5.41, 5.74) is 5.00. The van der Waals surface area contributed by atoms with Gasteiger partial charge in [-0.1, -0.05) is 30.3 Å². The van der Waals surface area contributed by atoms with Gasteiger partial charge in [-0.3, -0.25) is 4.68 Å². The summed E-state index contributed by atoms with van der Waals surface area (Å²) in [4.78, 5) is 0.234. The van der Waals surface area contributed by atoms with Crippen molar-refractivity contribution in [3.63, 3.8) is 0 Å². The molecule has 1 saturated carbocycles. The second-order valence-corrected chi connectivity index (χ2v) is 13.2. The van der Waals surface area contributed by atoms with Crippen LogP contribution >= 0.6 is 0 Å². The summed E-state index contributed by atoms with van der Waals surface area (Å²) in [6.07, 6.45) is 6.65. The van der Waals surface area contributed by atoms with Crippen LogP contribution in [0, 0.1) is 18.7 Å². The smallest absolute Gasteiger partial charge is 0.246 e. The Balaban J connectivity index is 1.33. The van der Waals surface area contributed by atoms with Gasteiger partial charge < -0.3 is 0 Å². The summed E-state index contributed by atoms with van der Waals surface area (Å²) in [6.45, 7) is 3.01. The Morgan fingerprint density at radius 3 is 2.50 bits per heavy atom. The van der Waals surface area contributed by atoms with Crippen LogP contribution in [0.1, 0.15) is 35.4 Å². The third-order valence-electron chi connectivity index (χ3n) is 8.96. The Kier molecular flexibility index (Phi) is 5.73. The van der Waals surface area contributed by atoms with E-state index >= 15 is 0 Å². The first kappa shape index (κ1) is 25.2. The summed E-state index contributed by atoms with van der Waals surface area (Å²) in [7, 11) is -1.95. The number of benzene rings is 3. The van der Waals surface area contributed by atoms with Crippen LogP contribution in [0.4, 0.5) is 4.39 Å². The van der Waals surface area contributed by atoms with Gasteiger partial charge in [-0.15, -0.1) is 0 Å². The molecule has 1 aliphatic carbocycles. The van der Waals surface area contributed by atoms with Gasteiger partial charge in [0, 0.05) is 37.1 Å². The maximum absolute atomic E-state index is 13.7. The van der Waals surface area contributed by atoms with E-state index in [2.05, 4.69) is 53.5 Å². The van der Waals surface area contributed by atoms with Gasteiger partial charge in [0.15, 0.2) is 0 Å². The molecule has 9 heteroatoms. The number of nitrogens with zero attached hydrogens (tertiary/aromatic N) is 5. The van der Waals surface area contributed by atoms with Gasteiger partial charge in [0.2, 0.25) is 10.0 Å². The minimum absolute atomic E-state index is 0.174. The number of halogens is 1. The second-order valence-electron chi connectivity index (χ2n) is 11.3. The van der Waals surface area contributed by atoms with E-state index in [0.29, 0.717) is 19.0 Å². The minimum atomic E-state index is -3.68. The molecule has 0 amide bonds. The minimum Gasteiger partial charge on any atom is -0.274 e. The predicted octanol–water partition coefficient (Wildman–Crippen LogP) is 5.34. The molecule has 3 heterocycles. The highest BCUT2D eigenvalue weighted by molar-refractivity contribution is 7.89. The fraction of sp³-hybridized carbons (Fsp3) is 0.290. The van der Waals surface area contributed by atoms with Crippen molar-refractivity contribution in [1.29, 1.82) is 0 Å². The van der Waals surface area contributed by atoms with Crippen LogP contribution in [0.25, 0.3) is 16.6 Å². The largest absolute Gasteiger partial charge is 0.274 e. The molecule has 0 bridgehead atoms. The van der Waals surface area contributed by atoms with Crippen molar-refractivity contribution in [2.75, 3.05) is 13.1 Å². The summed E-state index contributed by atoms with van der Waals surface area (Å²) in [6, 6.07) is 21.2. The zero-order valence-electron chi connectivity index (χ0n) is 22.4. The molecule has 1 saturated heterocycles. The average Bonchev–Trinajstić information content (AvgIpc) is 3.71. The van der Waals surface area contributed by atoms with Crippen LogP contribution in [0.2, 0.25) is 0 Å². The molecular weight excluding hydrogens is 525 g/mol. The fourth-order valence-electron chi connectivity index (χ4n) is 7.09. The highest BCUT2D eigenvalue weighted by Crippen LogP contribution is 2.57. The lowest BCUT2D eigenvalue weighted by atomic mass is 9.72. The standard InChI is InChI=1S/C31H30FN5O2S/c1-21-12-30-24(16-34-37(30)27-10-8-26(32)9-11-27)14-29(21)31-15-23(22-6-4-3-5-7-22)13-25(31)18-36(20-31)40(38,39)28-17-33-35(2)19-28/h3-12,14,16-17,19,23,25H,13,15,18,20H2,1-2H3/t23?,25-,31?/m1/s1. The molecule has 0 radical (unpaired) electrons.